The second-order valence-electron chi connectivity index (χ2n) is 15.2. The van der Waals surface area contributed by atoms with Crippen molar-refractivity contribution < 1.29 is 47.5 Å². The predicted molar refractivity (Wildman–Crippen MR) is 226 cm³/mol. The van der Waals surface area contributed by atoms with Gasteiger partial charge in [0.2, 0.25) is 0 Å². The van der Waals surface area contributed by atoms with Gasteiger partial charge in [-0.2, -0.15) is 0 Å². The number of unbranched alkanes of at least 4 members (excludes halogenated alkanes) is 24. The molecule has 4 N–H and O–H groups in total. The van der Waals surface area contributed by atoms with Crippen molar-refractivity contribution in [3.63, 3.8) is 0 Å². The van der Waals surface area contributed by atoms with Gasteiger partial charge in [0.05, 0.1) is 13.2 Å². The van der Waals surface area contributed by atoms with Gasteiger partial charge in [-0.05, 0) is 64.2 Å². The highest BCUT2D eigenvalue weighted by Crippen LogP contribution is 2.43. The Morgan fingerprint density at radius 2 is 0.893 bits per heavy atom. The minimum atomic E-state index is -4.71. The monoisotopic (exact) mass is 816 g/mol. The molecule has 0 aliphatic heterocycles. The highest BCUT2D eigenvalue weighted by molar-refractivity contribution is 7.47. The number of rotatable bonds is 42. The van der Waals surface area contributed by atoms with Crippen LogP contribution in [0.1, 0.15) is 206 Å². The van der Waals surface area contributed by atoms with Gasteiger partial charge < -0.3 is 25.2 Å². The van der Waals surface area contributed by atoms with Crippen molar-refractivity contribution in [1.29, 1.82) is 0 Å². The van der Waals surface area contributed by atoms with Gasteiger partial charge >= 0.3 is 25.7 Å². The van der Waals surface area contributed by atoms with Crippen molar-refractivity contribution in [2.24, 2.45) is 5.73 Å². The third-order valence-corrected chi connectivity index (χ3v) is 10.6. The summed E-state index contributed by atoms with van der Waals surface area (Å²) in [6, 6.07) is -1.52. The zero-order valence-corrected chi connectivity index (χ0v) is 36.4. The Bertz CT molecular complexity index is 1050. The number of ether oxygens (including phenoxy) is 2. The minimum Gasteiger partial charge on any atom is -0.480 e. The molecule has 56 heavy (non-hydrogen) atoms. The van der Waals surface area contributed by atoms with E-state index in [0.29, 0.717) is 12.8 Å². The standard InChI is InChI=1S/C44H82NO10P/c1-3-5-7-9-11-13-15-17-19-20-22-23-25-27-29-31-33-35-42(46)52-37-40(38-53-56(50,51)54-39-41(45)44(48)49)55-43(47)36-34-32-30-28-26-24-21-18-16-14-12-10-8-6-4-2/h14,16-17,19,40-41H,3-13,15,18,20-39,45H2,1-2H3,(H,48,49)(H,50,51)/b16-14-,19-17-/t40-,41+/m1/s1. The van der Waals surface area contributed by atoms with Crippen molar-refractivity contribution >= 4 is 25.7 Å². The smallest absolute Gasteiger partial charge is 0.472 e. The van der Waals surface area contributed by atoms with Gasteiger partial charge in [0.15, 0.2) is 6.10 Å². The molecule has 0 saturated carbocycles. The van der Waals surface area contributed by atoms with Crippen LogP contribution in [0.25, 0.3) is 0 Å². The number of carbonyl (C=O) groups is 3. The molecule has 1 unspecified atom stereocenters. The van der Waals surface area contributed by atoms with Gasteiger partial charge in [0, 0.05) is 12.8 Å². The zero-order chi connectivity index (χ0) is 41.4. The lowest BCUT2D eigenvalue weighted by Gasteiger charge is -2.20. The first kappa shape index (κ1) is 54.0. The Labute approximate surface area is 340 Å². The maximum atomic E-state index is 12.6. The Hall–Kier alpha value is -2.04. The van der Waals surface area contributed by atoms with Crippen LogP contribution in [-0.4, -0.2) is 59.9 Å². The van der Waals surface area contributed by atoms with Crippen LogP contribution in [0.4, 0.5) is 0 Å². The van der Waals surface area contributed by atoms with Gasteiger partial charge in [-0.15, -0.1) is 0 Å². The highest BCUT2D eigenvalue weighted by atomic mass is 31.2. The van der Waals surface area contributed by atoms with Crippen LogP contribution < -0.4 is 5.73 Å². The van der Waals surface area contributed by atoms with E-state index in [0.717, 1.165) is 57.8 Å². The molecule has 0 saturated heterocycles. The lowest BCUT2D eigenvalue weighted by atomic mass is 10.1. The van der Waals surface area contributed by atoms with E-state index in [1.165, 1.54) is 109 Å². The molecule has 3 atom stereocenters. The summed E-state index contributed by atoms with van der Waals surface area (Å²) in [5.41, 5.74) is 5.33. The average molecular weight is 816 g/mol. The molecule has 12 heteroatoms. The molecule has 328 valence electrons. The van der Waals surface area contributed by atoms with Crippen molar-refractivity contribution in [3.8, 4) is 0 Å². The van der Waals surface area contributed by atoms with E-state index in [-0.39, 0.29) is 19.4 Å². The van der Waals surface area contributed by atoms with Crippen molar-refractivity contribution in [2.45, 2.75) is 219 Å². The van der Waals surface area contributed by atoms with Gasteiger partial charge in [0.1, 0.15) is 12.6 Å². The number of nitrogens with two attached hydrogens (primary N) is 1. The molecule has 11 nitrogen and oxygen atoms in total. The first-order valence-corrected chi connectivity index (χ1v) is 23.9. The summed E-state index contributed by atoms with van der Waals surface area (Å²) in [6.45, 7) is 2.79. The van der Waals surface area contributed by atoms with E-state index in [1.807, 2.05) is 0 Å². The zero-order valence-electron chi connectivity index (χ0n) is 35.5. The van der Waals surface area contributed by atoms with Gasteiger partial charge in [-0.3, -0.25) is 23.4 Å². The summed E-state index contributed by atoms with van der Waals surface area (Å²) in [4.78, 5) is 46.0. The number of hydrogen-bond donors (Lipinski definition) is 3. The molecule has 0 rings (SSSR count). The fraction of sp³-hybridized carbons (Fsp3) is 0.841. The molecule has 0 aromatic carbocycles. The van der Waals surface area contributed by atoms with E-state index in [9.17, 15) is 23.8 Å². The fourth-order valence-corrected chi connectivity index (χ4v) is 6.89. The summed E-state index contributed by atoms with van der Waals surface area (Å²) in [7, 11) is -4.71. The molecule has 0 aliphatic rings. The van der Waals surface area contributed by atoms with Crippen molar-refractivity contribution in [2.75, 3.05) is 19.8 Å². The molecular weight excluding hydrogens is 733 g/mol. The first-order chi connectivity index (χ1) is 27.1. The molecule has 0 radical (unpaired) electrons. The summed E-state index contributed by atoms with van der Waals surface area (Å²) in [5.74, 6) is -2.38. The molecule has 0 heterocycles. The maximum Gasteiger partial charge on any atom is 0.472 e. The second-order valence-corrected chi connectivity index (χ2v) is 16.6. The van der Waals surface area contributed by atoms with E-state index in [2.05, 4.69) is 42.7 Å². The Balaban J connectivity index is 4.34. The average Bonchev–Trinajstić information content (AvgIpc) is 3.17. The quantitative estimate of drug-likeness (QED) is 0.0232. The van der Waals surface area contributed by atoms with Crippen LogP contribution in [0.3, 0.4) is 0 Å². The van der Waals surface area contributed by atoms with E-state index in [1.54, 1.807) is 0 Å². The Morgan fingerprint density at radius 1 is 0.536 bits per heavy atom. The normalized spacial score (nSPS) is 13.9. The topological polar surface area (TPSA) is 172 Å². The lowest BCUT2D eigenvalue weighted by molar-refractivity contribution is -0.161. The van der Waals surface area contributed by atoms with Crippen molar-refractivity contribution in [1.82, 2.24) is 0 Å². The number of hydrogen-bond acceptors (Lipinski definition) is 9. The highest BCUT2D eigenvalue weighted by Gasteiger charge is 2.28. The Kier molecular flexibility index (Phi) is 38.3. The number of phosphoric acid groups is 1. The first-order valence-electron chi connectivity index (χ1n) is 22.4. The third kappa shape index (κ3) is 38.8. The molecule has 0 aromatic heterocycles. The number of carbonyl (C=O) groups excluding carboxylic acids is 2. The number of carboxylic acid groups (broad SMARTS) is 1. The van der Waals surface area contributed by atoms with Gasteiger partial charge in [-0.25, -0.2) is 4.57 Å². The minimum absolute atomic E-state index is 0.157. The summed E-state index contributed by atoms with van der Waals surface area (Å²) < 4.78 is 32.7. The van der Waals surface area contributed by atoms with E-state index in [4.69, 9.17) is 24.8 Å². The number of aliphatic carboxylic acids is 1. The number of esters is 2. The third-order valence-electron chi connectivity index (χ3n) is 9.67. The molecule has 0 bridgehead atoms. The van der Waals surface area contributed by atoms with Gasteiger partial charge in [0.25, 0.3) is 0 Å². The largest absolute Gasteiger partial charge is 0.480 e. The van der Waals surface area contributed by atoms with Crippen LogP contribution in [0, 0.1) is 0 Å². The van der Waals surface area contributed by atoms with E-state index < -0.39 is 51.1 Å². The van der Waals surface area contributed by atoms with Crippen LogP contribution in [-0.2, 0) is 37.5 Å². The van der Waals surface area contributed by atoms with Crippen LogP contribution >= 0.6 is 7.82 Å². The Morgan fingerprint density at radius 3 is 1.32 bits per heavy atom. The molecule has 0 spiro atoms. The van der Waals surface area contributed by atoms with Crippen LogP contribution in [0.15, 0.2) is 24.3 Å². The summed E-state index contributed by atoms with van der Waals surface area (Å²) in [6.07, 6.45) is 40.9. The summed E-state index contributed by atoms with van der Waals surface area (Å²) >= 11 is 0. The SMILES string of the molecule is CCCCCC/C=C\CCCCCCCCCC(=O)O[C@H](COC(=O)CCCCCCCCC/C=C\CCCCCCCC)COP(=O)(O)OC[C@H](N)C(=O)O. The number of phosphoric ester groups is 1. The molecule has 0 aromatic rings. The van der Waals surface area contributed by atoms with Crippen LogP contribution in [0.2, 0.25) is 0 Å². The molecule has 0 aliphatic carbocycles. The number of allylic oxidation sites excluding steroid dienone is 4. The van der Waals surface area contributed by atoms with Crippen LogP contribution in [0.5, 0.6) is 0 Å². The van der Waals surface area contributed by atoms with E-state index >= 15 is 0 Å². The predicted octanol–water partition coefficient (Wildman–Crippen LogP) is 11.8. The fourth-order valence-electron chi connectivity index (χ4n) is 6.11. The van der Waals surface area contributed by atoms with Crippen molar-refractivity contribution in [3.05, 3.63) is 24.3 Å². The van der Waals surface area contributed by atoms with Gasteiger partial charge in [-0.1, -0.05) is 154 Å². The lowest BCUT2D eigenvalue weighted by Crippen LogP contribution is -2.34. The molecule has 0 amide bonds. The number of carboxylic acids is 1. The maximum absolute atomic E-state index is 12.6. The molecular formula is C44H82NO10P. The molecule has 0 fully saturated rings. The second kappa shape index (κ2) is 39.8. The summed E-state index contributed by atoms with van der Waals surface area (Å²) in [5, 5.41) is 8.89.